The van der Waals surface area contributed by atoms with Gasteiger partial charge in [0.15, 0.2) is 6.61 Å². The van der Waals surface area contributed by atoms with E-state index in [1.54, 1.807) is 23.1 Å². The molecule has 7 heteroatoms. The first-order valence-electron chi connectivity index (χ1n) is 11.5. The van der Waals surface area contributed by atoms with Gasteiger partial charge in [-0.05, 0) is 68.0 Å². The monoisotopic (exact) mass is 490 g/mol. The first kappa shape index (κ1) is 25.4. The Hall–Kier alpha value is -2.24. The lowest BCUT2D eigenvalue weighted by atomic mass is 10.1. The SMILES string of the molecule is CC[C@H](C(=O)NC1CCCC1)N(Cc1ccc(Cl)cc1Cl)C(=O)COc1cc(C)ccc1C. The topological polar surface area (TPSA) is 58.6 Å². The molecule has 1 aliphatic rings. The van der Waals surface area contributed by atoms with Crippen LogP contribution >= 0.6 is 23.2 Å². The summed E-state index contributed by atoms with van der Waals surface area (Å²) in [6.45, 7) is 5.86. The Kier molecular flexibility index (Phi) is 9.04. The van der Waals surface area contributed by atoms with Gasteiger partial charge in [0.2, 0.25) is 5.91 Å². The Labute approximate surface area is 206 Å². The Morgan fingerprint density at radius 3 is 2.52 bits per heavy atom. The molecule has 0 aromatic heterocycles. The standard InChI is InChI=1S/C26H32Cl2N2O3/c1-4-23(26(32)29-21-7-5-6-8-21)30(15-19-11-12-20(27)14-22(19)28)25(31)16-33-24-13-17(2)9-10-18(24)3/h9-14,21,23H,4-8,15-16H2,1-3H3,(H,29,32)/t23-/m1/s1. The number of hydrogen-bond donors (Lipinski definition) is 1. The molecule has 178 valence electrons. The largest absolute Gasteiger partial charge is 0.483 e. The number of ether oxygens (including phenoxy) is 1. The molecular weight excluding hydrogens is 459 g/mol. The Morgan fingerprint density at radius 2 is 1.85 bits per heavy atom. The second kappa shape index (κ2) is 11.8. The molecule has 5 nitrogen and oxygen atoms in total. The molecule has 33 heavy (non-hydrogen) atoms. The molecule has 0 radical (unpaired) electrons. The minimum Gasteiger partial charge on any atom is -0.483 e. The molecule has 0 spiro atoms. The summed E-state index contributed by atoms with van der Waals surface area (Å²) in [5, 5.41) is 4.12. The Balaban J connectivity index is 1.81. The minimum atomic E-state index is -0.618. The van der Waals surface area contributed by atoms with Crippen molar-refractivity contribution in [3.8, 4) is 5.75 Å². The van der Waals surface area contributed by atoms with Crippen molar-refractivity contribution in [2.45, 2.75) is 71.5 Å². The van der Waals surface area contributed by atoms with Gasteiger partial charge in [0.25, 0.3) is 5.91 Å². The smallest absolute Gasteiger partial charge is 0.261 e. The van der Waals surface area contributed by atoms with Crippen LogP contribution in [0.2, 0.25) is 10.0 Å². The van der Waals surface area contributed by atoms with Gasteiger partial charge in [-0.15, -0.1) is 0 Å². The number of carbonyl (C=O) groups is 2. The van der Waals surface area contributed by atoms with Gasteiger partial charge in [0.1, 0.15) is 11.8 Å². The Morgan fingerprint density at radius 1 is 1.12 bits per heavy atom. The fourth-order valence-electron chi connectivity index (χ4n) is 4.21. The van der Waals surface area contributed by atoms with E-state index in [2.05, 4.69) is 5.32 Å². The highest BCUT2D eigenvalue weighted by atomic mass is 35.5. The number of carbonyl (C=O) groups excluding carboxylic acids is 2. The molecular formula is C26H32Cl2N2O3. The van der Waals surface area contributed by atoms with Gasteiger partial charge in [-0.3, -0.25) is 9.59 Å². The minimum absolute atomic E-state index is 0.130. The maximum Gasteiger partial charge on any atom is 0.261 e. The third-order valence-electron chi connectivity index (χ3n) is 6.14. The third-order valence-corrected chi connectivity index (χ3v) is 6.73. The molecule has 0 unspecified atom stereocenters. The van der Waals surface area contributed by atoms with Crippen molar-refractivity contribution in [3.05, 3.63) is 63.1 Å². The van der Waals surface area contributed by atoms with Crippen LogP contribution in [0.15, 0.2) is 36.4 Å². The highest BCUT2D eigenvalue weighted by Crippen LogP contribution is 2.25. The van der Waals surface area contributed by atoms with Crippen molar-refractivity contribution < 1.29 is 14.3 Å². The van der Waals surface area contributed by atoms with E-state index in [4.69, 9.17) is 27.9 Å². The summed E-state index contributed by atoms with van der Waals surface area (Å²) in [5.41, 5.74) is 2.73. The molecule has 0 heterocycles. The van der Waals surface area contributed by atoms with Crippen molar-refractivity contribution >= 4 is 35.0 Å². The van der Waals surface area contributed by atoms with E-state index in [0.29, 0.717) is 22.2 Å². The van der Waals surface area contributed by atoms with Gasteiger partial charge in [-0.1, -0.05) is 61.2 Å². The van der Waals surface area contributed by atoms with Crippen LogP contribution in [0.4, 0.5) is 0 Å². The van der Waals surface area contributed by atoms with E-state index in [1.165, 1.54) is 0 Å². The van der Waals surface area contributed by atoms with Crippen LogP contribution in [0.3, 0.4) is 0 Å². The number of nitrogens with one attached hydrogen (secondary N) is 1. The van der Waals surface area contributed by atoms with Crippen molar-refractivity contribution in [2.75, 3.05) is 6.61 Å². The van der Waals surface area contributed by atoms with Crippen LogP contribution in [0.25, 0.3) is 0 Å². The third kappa shape index (κ3) is 6.87. The summed E-state index contributed by atoms with van der Waals surface area (Å²) in [5.74, 6) is 0.265. The van der Waals surface area contributed by atoms with Gasteiger partial charge >= 0.3 is 0 Å². The molecule has 3 rings (SSSR count). The predicted molar refractivity (Wildman–Crippen MR) is 133 cm³/mol. The van der Waals surface area contributed by atoms with Crippen LogP contribution in [0.5, 0.6) is 5.75 Å². The molecule has 1 atom stereocenters. The van der Waals surface area contributed by atoms with Gasteiger partial charge in [-0.25, -0.2) is 0 Å². The highest BCUT2D eigenvalue weighted by molar-refractivity contribution is 6.35. The van der Waals surface area contributed by atoms with Crippen molar-refractivity contribution in [1.82, 2.24) is 10.2 Å². The summed E-state index contributed by atoms with van der Waals surface area (Å²) < 4.78 is 5.88. The number of halogens is 2. The van der Waals surface area contributed by atoms with E-state index in [-0.39, 0.29) is 31.0 Å². The van der Waals surface area contributed by atoms with Crippen molar-refractivity contribution in [1.29, 1.82) is 0 Å². The normalized spacial score (nSPS) is 14.7. The summed E-state index contributed by atoms with van der Waals surface area (Å²) >= 11 is 12.4. The molecule has 0 saturated heterocycles. The van der Waals surface area contributed by atoms with Gasteiger partial charge in [0.05, 0.1) is 0 Å². The molecule has 0 bridgehead atoms. The molecule has 1 N–H and O–H groups in total. The van der Waals surface area contributed by atoms with Crippen LogP contribution in [-0.2, 0) is 16.1 Å². The van der Waals surface area contributed by atoms with E-state index in [0.717, 1.165) is 42.4 Å². The maximum atomic E-state index is 13.4. The molecule has 2 amide bonds. The van der Waals surface area contributed by atoms with E-state index >= 15 is 0 Å². The van der Waals surface area contributed by atoms with E-state index in [9.17, 15) is 9.59 Å². The number of hydrogen-bond acceptors (Lipinski definition) is 3. The van der Waals surface area contributed by atoms with Gasteiger partial charge in [-0.2, -0.15) is 0 Å². The summed E-state index contributed by atoms with van der Waals surface area (Å²) in [7, 11) is 0. The quantitative estimate of drug-likeness (QED) is 0.479. The Bertz CT molecular complexity index is 989. The van der Waals surface area contributed by atoms with Gasteiger partial charge < -0.3 is 15.0 Å². The molecule has 2 aromatic rings. The molecule has 0 aliphatic heterocycles. The number of amides is 2. The second-order valence-electron chi connectivity index (χ2n) is 8.73. The fraction of sp³-hybridized carbons (Fsp3) is 0.462. The lowest BCUT2D eigenvalue weighted by molar-refractivity contribution is -0.143. The van der Waals surface area contributed by atoms with E-state index in [1.807, 2.05) is 39.0 Å². The summed E-state index contributed by atoms with van der Waals surface area (Å²) in [6, 6.07) is 10.6. The number of nitrogens with zero attached hydrogens (tertiary/aromatic N) is 1. The number of rotatable bonds is 9. The fourth-order valence-corrected chi connectivity index (χ4v) is 4.67. The first-order valence-corrected chi connectivity index (χ1v) is 12.3. The van der Waals surface area contributed by atoms with Crippen LogP contribution < -0.4 is 10.1 Å². The molecule has 1 aliphatic carbocycles. The average molecular weight is 491 g/mol. The van der Waals surface area contributed by atoms with E-state index < -0.39 is 6.04 Å². The van der Waals surface area contributed by atoms with Crippen LogP contribution in [0.1, 0.15) is 55.7 Å². The zero-order chi connectivity index (χ0) is 24.0. The van der Waals surface area contributed by atoms with Crippen molar-refractivity contribution in [3.63, 3.8) is 0 Å². The van der Waals surface area contributed by atoms with Gasteiger partial charge in [0, 0.05) is 22.6 Å². The second-order valence-corrected chi connectivity index (χ2v) is 9.57. The molecule has 1 fully saturated rings. The average Bonchev–Trinajstić information content (AvgIpc) is 3.28. The highest BCUT2D eigenvalue weighted by Gasteiger charge is 2.31. The van der Waals surface area contributed by atoms with Crippen molar-refractivity contribution in [2.24, 2.45) is 0 Å². The first-order chi connectivity index (χ1) is 15.8. The molecule has 2 aromatic carbocycles. The number of aryl methyl sites for hydroxylation is 2. The molecule has 1 saturated carbocycles. The predicted octanol–water partition coefficient (Wildman–Crippen LogP) is 5.86. The maximum absolute atomic E-state index is 13.4. The zero-order valence-corrected chi connectivity index (χ0v) is 21.0. The zero-order valence-electron chi connectivity index (χ0n) is 19.5. The lowest BCUT2D eigenvalue weighted by Gasteiger charge is -2.31. The van der Waals surface area contributed by atoms with Crippen LogP contribution in [-0.4, -0.2) is 35.4 Å². The van der Waals surface area contributed by atoms with Crippen LogP contribution in [0, 0.1) is 13.8 Å². The summed E-state index contributed by atoms with van der Waals surface area (Å²) in [6.07, 6.45) is 4.69. The number of benzene rings is 2. The lowest BCUT2D eigenvalue weighted by Crippen LogP contribution is -2.52. The summed E-state index contributed by atoms with van der Waals surface area (Å²) in [4.78, 5) is 28.1.